The van der Waals surface area contributed by atoms with Crippen molar-refractivity contribution in [3.05, 3.63) is 54.4 Å². The second kappa shape index (κ2) is 6.17. The molecule has 0 saturated heterocycles. The molecule has 0 radical (unpaired) electrons. The Bertz CT molecular complexity index is 558. The smallest absolute Gasteiger partial charge is 0.376 e. The fourth-order valence-corrected chi connectivity index (χ4v) is 2.37. The molecule has 0 aliphatic carbocycles. The zero-order valence-electron chi connectivity index (χ0n) is 10.7. The number of nitrogens with one attached hydrogen (secondary N) is 1. The topological polar surface area (TPSA) is 24.9 Å². The molecule has 0 amide bonds. The minimum Gasteiger partial charge on any atom is -0.376 e. The van der Waals surface area contributed by atoms with Crippen molar-refractivity contribution in [3.63, 3.8) is 0 Å². The third kappa shape index (κ3) is 4.16. The Hall–Kier alpha value is -1.69. The van der Waals surface area contributed by atoms with Crippen LogP contribution in [0.5, 0.6) is 0 Å². The molecule has 1 N–H and O–H groups in total. The summed E-state index contributed by atoms with van der Waals surface area (Å²) in [6, 6.07) is 11.7. The van der Waals surface area contributed by atoms with Crippen LogP contribution in [0.2, 0.25) is 0 Å². The Morgan fingerprint density at radius 3 is 2.45 bits per heavy atom. The van der Waals surface area contributed by atoms with Crippen molar-refractivity contribution in [2.75, 3.05) is 5.32 Å². The molecule has 1 atom stereocenters. The maximum Gasteiger partial charge on any atom is 0.446 e. The van der Waals surface area contributed by atoms with E-state index in [0.717, 1.165) is 5.69 Å². The van der Waals surface area contributed by atoms with E-state index >= 15 is 0 Å². The largest absolute Gasteiger partial charge is 0.446 e. The van der Waals surface area contributed by atoms with Crippen LogP contribution in [0.15, 0.2) is 53.6 Å². The van der Waals surface area contributed by atoms with Crippen LogP contribution in [0.4, 0.5) is 18.9 Å². The van der Waals surface area contributed by atoms with E-state index in [4.69, 9.17) is 0 Å². The number of para-hydroxylation sites is 1. The highest BCUT2D eigenvalue weighted by molar-refractivity contribution is 8.00. The molecule has 1 aromatic heterocycles. The summed E-state index contributed by atoms with van der Waals surface area (Å²) in [6.45, 7) is 1.86. The molecule has 0 spiro atoms. The molecule has 1 heterocycles. The molecule has 2 rings (SSSR count). The lowest BCUT2D eigenvalue weighted by Crippen LogP contribution is -2.09. The minimum absolute atomic E-state index is 0.118. The average Bonchev–Trinajstić information content (AvgIpc) is 2.40. The second-order valence-corrected chi connectivity index (χ2v) is 5.27. The first-order valence-electron chi connectivity index (χ1n) is 5.98. The molecule has 20 heavy (non-hydrogen) atoms. The summed E-state index contributed by atoms with van der Waals surface area (Å²) in [5.74, 6) is 0. The van der Waals surface area contributed by atoms with Gasteiger partial charge in [-0.05, 0) is 43.0 Å². The molecular formula is C14H13F3N2S. The van der Waals surface area contributed by atoms with Gasteiger partial charge in [-0.1, -0.05) is 18.2 Å². The minimum atomic E-state index is -4.30. The predicted octanol–water partition coefficient (Wildman–Crippen LogP) is 4.87. The van der Waals surface area contributed by atoms with Gasteiger partial charge in [0.1, 0.15) is 0 Å². The Labute approximate surface area is 119 Å². The SMILES string of the molecule is CC(Nc1ccccc1SC(F)(F)F)c1ccccn1. The van der Waals surface area contributed by atoms with Gasteiger partial charge in [0.15, 0.2) is 0 Å². The quantitative estimate of drug-likeness (QED) is 0.815. The van der Waals surface area contributed by atoms with Crippen LogP contribution >= 0.6 is 11.8 Å². The molecule has 6 heteroatoms. The predicted molar refractivity (Wildman–Crippen MR) is 74.6 cm³/mol. The number of nitrogens with zero attached hydrogens (tertiary/aromatic N) is 1. The summed E-state index contributed by atoms with van der Waals surface area (Å²) in [6.07, 6.45) is 1.66. The van der Waals surface area contributed by atoms with Gasteiger partial charge < -0.3 is 5.32 Å². The van der Waals surface area contributed by atoms with Crippen LogP contribution < -0.4 is 5.32 Å². The molecule has 1 aromatic carbocycles. The lowest BCUT2D eigenvalue weighted by Gasteiger charge is -2.18. The molecular weight excluding hydrogens is 285 g/mol. The van der Waals surface area contributed by atoms with Crippen molar-refractivity contribution in [1.29, 1.82) is 0 Å². The summed E-state index contributed by atoms with van der Waals surface area (Å²) >= 11 is -0.118. The number of anilines is 1. The molecule has 1 unspecified atom stereocenters. The number of alkyl halides is 3. The number of pyridine rings is 1. The van der Waals surface area contributed by atoms with Gasteiger partial charge in [0.05, 0.1) is 11.7 Å². The maximum atomic E-state index is 12.5. The molecule has 0 aliphatic heterocycles. The lowest BCUT2D eigenvalue weighted by atomic mass is 10.2. The van der Waals surface area contributed by atoms with Gasteiger partial charge in [0, 0.05) is 16.8 Å². The van der Waals surface area contributed by atoms with Crippen molar-refractivity contribution in [2.45, 2.75) is 23.4 Å². The normalized spacial score (nSPS) is 13.0. The van der Waals surface area contributed by atoms with Gasteiger partial charge in [-0.25, -0.2) is 0 Å². The van der Waals surface area contributed by atoms with Crippen molar-refractivity contribution in [1.82, 2.24) is 4.98 Å². The van der Waals surface area contributed by atoms with E-state index in [1.807, 2.05) is 19.1 Å². The van der Waals surface area contributed by atoms with E-state index in [1.165, 1.54) is 6.07 Å². The van der Waals surface area contributed by atoms with Crippen molar-refractivity contribution >= 4 is 17.4 Å². The van der Waals surface area contributed by atoms with Gasteiger partial charge in [-0.15, -0.1) is 0 Å². The number of aromatic nitrogens is 1. The summed E-state index contributed by atoms with van der Waals surface area (Å²) in [4.78, 5) is 4.34. The number of benzene rings is 1. The van der Waals surface area contributed by atoms with Gasteiger partial charge in [0.2, 0.25) is 0 Å². The summed E-state index contributed by atoms with van der Waals surface area (Å²) in [5, 5.41) is 3.07. The van der Waals surface area contributed by atoms with Crippen molar-refractivity contribution in [3.8, 4) is 0 Å². The average molecular weight is 298 g/mol. The Balaban J connectivity index is 2.17. The van der Waals surface area contributed by atoms with E-state index in [-0.39, 0.29) is 22.7 Å². The number of hydrogen-bond donors (Lipinski definition) is 1. The molecule has 0 fully saturated rings. The van der Waals surface area contributed by atoms with Crippen molar-refractivity contribution in [2.24, 2.45) is 0 Å². The number of thioether (sulfide) groups is 1. The molecule has 2 aromatic rings. The van der Waals surface area contributed by atoms with E-state index in [9.17, 15) is 13.2 Å². The molecule has 0 saturated carbocycles. The van der Waals surface area contributed by atoms with Crippen LogP contribution in [-0.4, -0.2) is 10.5 Å². The summed E-state index contributed by atoms with van der Waals surface area (Å²) in [5.41, 5.74) is -3.07. The van der Waals surface area contributed by atoms with Crippen LogP contribution in [0.3, 0.4) is 0 Å². The lowest BCUT2D eigenvalue weighted by molar-refractivity contribution is -0.0327. The third-order valence-corrected chi connectivity index (χ3v) is 3.42. The molecule has 0 aliphatic rings. The first-order chi connectivity index (χ1) is 9.46. The van der Waals surface area contributed by atoms with Gasteiger partial charge in [-0.2, -0.15) is 13.2 Å². The highest BCUT2D eigenvalue weighted by atomic mass is 32.2. The number of hydrogen-bond acceptors (Lipinski definition) is 3. The number of rotatable bonds is 4. The highest BCUT2D eigenvalue weighted by Crippen LogP contribution is 2.40. The fraction of sp³-hybridized carbons (Fsp3) is 0.214. The van der Waals surface area contributed by atoms with Gasteiger partial charge in [0.25, 0.3) is 0 Å². The fourth-order valence-electron chi connectivity index (χ4n) is 1.74. The molecule has 106 valence electrons. The van der Waals surface area contributed by atoms with Gasteiger partial charge >= 0.3 is 5.51 Å². The zero-order valence-corrected chi connectivity index (χ0v) is 11.5. The van der Waals surface area contributed by atoms with Crippen LogP contribution in [0.1, 0.15) is 18.7 Å². The van der Waals surface area contributed by atoms with E-state index in [1.54, 1.807) is 30.5 Å². The van der Waals surface area contributed by atoms with E-state index in [2.05, 4.69) is 10.3 Å². The monoisotopic (exact) mass is 298 g/mol. The summed E-state index contributed by atoms with van der Waals surface area (Å²) < 4.78 is 37.5. The standard InChI is InChI=1S/C14H13F3N2S/c1-10(11-6-4-5-9-18-11)19-12-7-2-3-8-13(12)20-14(15,16)17/h2-10,19H,1H3. The van der Waals surface area contributed by atoms with E-state index in [0.29, 0.717) is 5.69 Å². The summed E-state index contributed by atoms with van der Waals surface area (Å²) in [7, 11) is 0. The maximum absolute atomic E-state index is 12.5. The first-order valence-corrected chi connectivity index (χ1v) is 6.79. The van der Waals surface area contributed by atoms with Crippen molar-refractivity contribution < 1.29 is 13.2 Å². The van der Waals surface area contributed by atoms with Crippen LogP contribution in [0, 0.1) is 0 Å². The highest BCUT2D eigenvalue weighted by Gasteiger charge is 2.30. The Morgan fingerprint density at radius 2 is 1.80 bits per heavy atom. The third-order valence-electron chi connectivity index (χ3n) is 2.62. The second-order valence-electron chi connectivity index (χ2n) is 4.16. The Kier molecular flexibility index (Phi) is 4.54. The van der Waals surface area contributed by atoms with Gasteiger partial charge in [-0.3, -0.25) is 4.98 Å². The zero-order chi connectivity index (χ0) is 14.6. The Morgan fingerprint density at radius 1 is 1.10 bits per heavy atom. The van der Waals surface area contributed by atoms with Crippen LogP contribution in [-0.2, 0) is 0 Å². The van der Waals surface area contributed by atoms with E-state index < -0.39 is 5.51 Å². The number of halogens is 3. The first kappa shape index (κ1) is 14.7. The molecule has 0 bridgehead atoms. The van der Waals surface area contributed by atoms with Crippen LogP contribution in [0.25, 0.3) is 0 Å². The molecule has 2 nitrogen and oxygen atoms in total.